The highest BCUT2D eigenvalue weighted by atomic mass is 32.2. The Morgan fingerprint density at radius 2 is 1.80 bits per heavy atom. The predicted octanol–water partition coefficient (Wildman–Crippen LogP) is 2.81. The van der Waals surface area contributed by atoms with Crippen LogP contribution in [0.2, 0.25) is 0 Å². The largest absolute Gasteiger partial charge is 0.372 e. The molecule has 25 heavy (non-hydrogen) atoms. The molecular formula is C18H21N5OS. The van der Waals surface area contributed by atoms with Crippen molar-refractivity contribution in [2.24, 2.45) is 7.05 Å². The highest BCUT2D eigenvalue weighted by Crippen LogP contribution is 2.28. The topological polar surface area (TPSA) is 67.1 Å². The number of aliphatic hydroxyl groups excluding tert-OH is 1. The molecule has 0 fully saturated rings. The summed E-state index contributed by atoms with van der Waals surface area (Å²) in [5.41, 5.74) is 1.74. The summed E-state index contributed by atoms with van der Waals surface area (Å²) < 4.78 is 1.90. The SMILES string of the molecule is CC(Sc1nnc(-c2ccccn2)n1C)C(O)N(C)c1ccccc1. The molecule has 7 heteroatoms. The molecule has 0 saturated heterocycles. The molecular weight excluding hydrogens is 334 g/mol. The molecule has 6 nitrogen and oxygen atoms in total. The lowest BCUT2D eigenvalue weighted by molar-refractivity contribution is 0.176. The predicted molar refractivity (Wildman–Crippen MR) is 100 cm³/mol. The summed E-state index contributed by atoms with van der Waals surface area (Å²) in [6.07, 6.45) is 1.08. The first-order chi connectivity index (χ1) is 12.1. The van der Waals surface area contributed by atoms with Gasteiger partial charge in [0.25, 0.3) is 0 Å². The Morgan fingerprint density at radius 1 is 1.08 bits per heavy atom. The van der Waals surface area contributed by atoms with E-state index in [9.17, 15) is 5.11 Å². The smallest absolute Gasteiger partial charge is 0.191 e. The Balaban J connectivity index is 1.73. The first kappa shape index (κ1) is 17.4. The summed E-state index contributed by atoms with van der Waals surface area (Å²) in [5, 5.41) is 19.8. The van der Waals surface area contributed by atoms with Gasteiger partial charge in [-0.15, -0.1) is 10.2 Å². The third-order valence-electron chi connectivity index (χ3n) is 4.00. The van der Waals surface area contributed by atoms with Crippen LogP contribution >= 0.6 is 11.8 Å². The number of hydrogen-bond acceptors (Lipinski definition) is 6. The molecule has 2 atom stereocenters. The fourth-order valence-corrected chi connectivity index (χ4v) is 3.46. The van der Waals surface area contributed by atoms with Gasteiger partial charge in [-0.3, -0.25) is 4.98 Å². The lowest BCUT2D eigenvalue weighted by Crippen LogP contribution is -2.38. The van der Waals surface area contributed by atoms with E-state index in [1.807, 2.05) is 79.0 Å². The molecule has 0 aliphatic carbocycles. The standard InChI is InChI=1S/C18H21N5OS/c1-13(17(24)22(2)14-9-5-4-6-10-14)25-18-21-20-16(23(18)3)15-11-7-8-12-19-15/h4-13,17,24H,1-3H3. The molecule has 2 unspecified atom stereocenters. The van der Waals surface area contributed by atoms with Crippen LogP contribution in [0.15, 0.2) is 59.9 Å². The Hall–Kier alpha value is -2.38. The van der Waals surface area contributed by atoms with Gasteiger partial charge in [0.2, 0.25) is 0 Å². The molecule has 2 aromatic heterocycles. The van der Waals surface area contributed by atoms with Crippen LogP contribution in [-0.4, -0.2) is 43.4 Å². The summed E-state index contributed by atoms with van der Waals surface area (Å²) in [6.45, 7) is 1.98. The third kappa shape index (κ3) is 3.83. The van der Waals surface area contributed by atoms with Crippen LogP contribution in [0.3, 0.4) is 0 Å². The number of aliphatic hydroxyl groups is 1. The molecule has 0 aliphatic rings. The van der Waals surface area contributed by atoms with Crippen LogP contribution in [0.4, 0.5) is 5.69 Å². The minimum Gasteiger partial charge on any atom is -0.372 e. The van der Waals surface area contributed by atoms with E-state index in [1.54, 1.807) is 6.20 Å². The molecule has 1 N–H and O–H groups in total. The molecule has 0 spiro atoms. The second kappa shape index (κ2) is 7.67. The molecule has 130 valence electrons. The average molecular weight is 355 g/mol. The number of anilines is 1. The first-order valence-electron chi connectivity index (χ1n) is 8.01. The summed E-state index contributed by atoms with van der Waals surface area (Å²) in [6, 6.07) is 15.5. The Bertz CT molecular complexity index is 809. The van der Waals surface area contributed by atoms with Crippen molar-refractivity contribution in [1.82, 2.24) is 19.7 Å². The van der Waals surface area contributed by atoms with E-state index in [0.29, 0.717) is 5.82 Å². The molecule has 3 aromatic rings. The maximum Gasteiger partial charge on any atom is 0.191 e. The normalized spacial score (nSPS) is 13.4. The number of rotatable bonds is 6. The van der Waals surface area contributed by atoms with Crippen LogP contribution in [0.1, 0.15) is 6.92 Å². The zero-order valence-electron chi connectivity index (χ0n) is 14.4. The molecule has 0 aliphatic heterocycles. The summed E-state index contributed by atoms with van der Waals surface area (Å²) in [7, 11) is 3.79. The maximum atomic E-state index is 10.7. The van der Waals surface area contributed by atoms with E-state index in [0.717, 1.165) is 16.5 Å². The van der Waals surface area contributed by atoms with Crippen LogP contribution in [0.5, 0.6) is 0 Å². The van der Waals surface area contributed by atoms with Gasteiger partial charge in [0.1, 0.15) is 11.9 Å². The van der Waals surface area contributed by atoms with Gasteiger partial charge >= 0.3 is 0 Å². The van der Waals surface area contributed by atoms with Crippen LogP contribution in [-0.2, 0) is 7.05 Å². The van der Waals surface area contributed by atoms with E-state index in [4.69, 9.17) is 0 Å². The number of aromatic nitrogens is 4. The molecule has 2 heterocycles. The van der Waals surface area contributed by atoms with Crippen molar-refractivity contribution in [3.63, 3.8) is 0 Å². The van der Waals surface area contributed by atoms with Crippen molar-refractivity contribution in [2.75, 3.05) is 11.9 Å². The van der Waals surface area contributed by atoms with E-state index < -0.39 is 6.23 Å². The van der Waals surface area contributed by atoms with Crippen molar-refractivity contribution in [3.8, 4) is 11.5 Å². The number of para-hydroxylation sites is 1. The van der Waals surface area contributed by atoms with Crippen molar-refractivity contribution in [3.05, 3.63) is 54.7 Å². The van der Waals surface area contributed by atoms with E-state index in [1.165, 1.54) is 11.8 Å². The second-order valence-electron chi connectivity index (χ2n) is 5.76. The van der Waals surface area contributed by atoms with Crippen molar-refractivity contribution in [2.45, 2.75) is 23.6 Å². The Kier molecular flexibility index (Phi) is 5.35. The van der Waals surface area contributed by atoms with E-state index in [-0.39, 0.29) is 5.25 Å². The number of nitrogens with zero attached hydrogens (tertiary/aromatic N) is 5. The van der Waals surface area contributed by atoms with Gasteiger partial charge in [0.15, 0.2) is 11.0 Å². The van der Waals surface area contributed by atoms with Crippen LogP contribution < -0.4 is 4.90 Å². The lowest BCUT2D eigenvalue weighted by Gasteiger charge is -2.29. The quantitative estimate of drug-likeness (QED) is 0.542. The van der Waals surface area contributed by atoms with Gasteiger partial charge in [0, 0.05) is 26.0 Å². The molecule has 0 saturated carbocycles. The Labute approximate surface area is 151 Å². The van der Waals surface area contributed by atoms with Crippen LogP contribution in [0, 0.1) is 0 Å². The fraction of sp³-hybridized carbons (Fsp3) is 0.278. The highest BCUT2D eigenvalue weighted by molar-refractivity contribution is 7.99. The first-order valence-corrected chi connectivity index (χ1v) is 8.89. The lowest BCUT2D eigenvalue weighted by atomic mass is 10.2. The van der Waals surface area contributed by atoms with Crippen molar-refractivity contribution in [1.29, 1.82) is 0 Å². The summed E-state index contributed by atoms with van der Waals surface area (Å²) >= 11 is 1.49. The van der Waals surface area contributed by atoms with Crippen molar-refractivity contribution >= 4 is 17.4 Å². The van der Waals surface area contributed by atoms with Gasteiger partial charge in [-0.2, -0.15) is 0 Å². The van der Waals surface area contributed by atoms with E-state index in [2.05, 4.69) is 15.2 Å². The number of thioether (sulfide) groups is 1. The maximum absolute atomic E-state index is 10.7. The number of hydrogen-bond donors (Lipinski definition) is 1. The zero-order valence-corrected chi connectivity index (χ0v) is 15.3. The minimum absolute atomic E-state index is 0.0929. The van der Waals surface area contributed by atoms with Crippen molar-refractivity contribution < 1.29 is 5.11 Å². The fourth-order valence-electron chi connectivity index (χ4n) is 2.49. The number of pyridine rings is 1. The van der Waals surface area contributed by atoms with Gasteiger partial charge < -0.3 is 14.6 Å². The molecule has 0 bridgehead atoms. The molecule has 3 rings (SSSR count). The van der Waals surface area contributed by atoms with Gasteiger partial charge in [-0.05, 0) is 31.2 Å². The average Bonchev–Trinajstić information content (AvgIpc) is 3.02. The third-order valence-corrected chi connectivity index (χ3v) is 5.18. The summed E-state index contributed by atoms with van der Waals surface area (Å²) in [4.78, 5) is 6.17. The molecule has 0 amide bonds. The minimum atomic E-state index is -0.651. The highest BCUT2D eigenvalue weighted by Gasteiger charge is 2.23. The molecule has 0 radical (unpaired) electrons. The molecule has 1 aromatic carbocycles. The Morgan fingerprint density at radius 3 is 2.48 bits per heavy atom. The van der Waals surface area contributed by atoms with Gasteiger partial charge in [-0.1, -0.05) is 36.0 Å². The van der Waals surface area contributed by atoms with Gasteiger partial charge in [0.05, 0.1) is 5.25 Å². The summed E-state index contributed by atoms with van der Waals surface area (Å²) in [5.74, 6) is 0.709. The van der Waals surface area contributed by atoms with Crippen LogP contribution in [0.25, 0.3) is 11.5 Å². The van der Waals surface area contributed by atoms with Gasteiger partial charge in [-0.25, -0.2) is 0 Å². The van der Waals surface area contributed by atoms with E-state index >= 15 is 0 Å². The monoisotopic (exact) mass is 355 g/mol. The number of benzene rings is 1. The zero-order chi connectivity index (χ0) is 17.8. The second-order valence-corrected chi connectivity index (χ2v) is 7.11.